The molecule has 1 aromatic heterocycles. The van der Waals surface area contributed by atoms with Gasteiger partial charge < -0.3 is 20.5 Å². The average Bonchev–Trinajstić information content (AvgIpc) is 3.23. The summed E-state index contributed by atoms with van der Waals surface area (Å²) in [4.78, 5) is 23.3. The van der Waals surface area contributed by atoms with Crippen molar-refractivity contribution in [2.45, 2.75) is 13.0 Å². The number of aliphatic carboxylic acids is 1. The number of carboxylic acids is 1. The number of anilines is 1. The number of carbonyl (C=O) groups is 2. The number of carboxylic acid groups (broad SMARTS) is 1. The minimum Gasteiger partial charge on any atom is -0.497 e. The van der Waals surface area contributed by atoms with E-state index >= 15 is 0 Å². The second-order valence-electron chi connectivity index (χ2n) is 6.44. The van der Waals surface area contributed by atoms with Crippen LogP contribution in [-0.4, -0.2) is 40.4 Å². The number of carbonyl (C=O) groups excluding carboxylic acids is 1. The van der Waals surface area contributed by atoms with Crippen molar-refractivity contribution in [3.63, 3.8) is 0 Å². The van der Waals surface area contributed by atoms with Gasteiger partial charge in [-0.2, -0.15) is 5.10 Å². The standard InChI is InChI=1S/C21H22N4O4/c1-14(16-11-23-25(13-16)18-7-4-8-19(10-18)29-2)24-21(28)15-5-3-6-17(9-15)22-12-20(26)27/h3-11,13-14,22H,12H2,1-2H3,(H,24,28)(H,26,27)/t14-/m0/s1. The summed E-state index contributed by atoms with van der Waals surface area (Å²) in [5, 5.41) is 18.8. The van der Waals surface area contributed by atoms with Gasteiger partial charge in [0.05, 0.1) is 25.0 Å². The smallest absolute Gasteiger partial charge is 0.322 e. The molecule has 29 heavy (non-hydrogen) atoms. The van der Waals surface area contributed by atoms with Crippen LogP contribution < -0.4 is 15.4 Å². The molecule has 0 spiro atoms. The molecule has 0 aliphatic rings. The van der Waals surface area contributed by atoms with Crippen LogP contribution in [0.3, 0.4) is 0 Å². The van der Waals surface area contributed by atoms with Crippen molar-refractivity contribution in [1.29, 1.82) is 0 Å². The van der Waals surface area contributed by atoms with Gasteiger partial charge in [0.15, 0.2) is 0 Å². The summed E-state index contributed by atoms with van der Waals surface area (Å²) >= 11 is 0. The molecule has 0 saturated carbocycles. The highest BCUT2D eigenvalue weighted by Gasteiger charge is 2.14. The zero-order valence-electron chi connectivity index (χ0n) is 16.1. The summed E-state index contributed by atoms with van der Waals surface area (Å²) in [7, 11) is 1.61. The molecule has 0 fully saturated rings. The number of hydrogen-bond acceptors (Lipinski definition) is 5. The monoisotopic (exact) mass is 394 g/mol. The molecule has 0 bridgehead atoms. The van der Waals surface area contributed by atoms with E-state index in [0.717, 1.165) is 17.0 Å². The lowest BCUT2D eigenvalue weighted by Crippen LogP contribution is -2.26. The van der Waals surface area contributed by atoms with Crippen LogP contribution in [0.4, 0.5) is 5.69 Å². The quantitative estimate of drug-likeness (QED) is 0.543. The first-order valence-electron chi connectivity index (χ1n) is 9.02. The predicted octanol–water partition coefficient (Wildman–Crippen LogP) is 2.87. The molecule has 8 nitrogen and oxygen atoms in total. The Morgan fingerprint density at radius 2 is 2.00 bits per heavy atom. The van der Waals surface area contributed by atoms with Crippen LogP contribution in [0.2, 0.25) is 0 Å². The molecule has 1 amide bonds. The second-order valence-corrected chi connectivity index (χ2v) is 6.44. The Morgan fingerprint density at radius 3 is 2.76 bits per heavy atom. The lowest BCUT2D eigenvalue weighted by molar-refractivity contribution is -0.134. The molecular formula is C21H22N4O4. The molecule has 0 unspecified atom stereocenters. The van der Waals surface area contributed by atoms with Crippen LogP contribution in [0, 0.1) is 0 Å². The van der Waals surface area contributed by atoms with Crippen LogP contribution in [0.15, 0.2) is 60.9 Å². The Balaban J connectivity index is 1.68. The molecule has 2 aromatic carbocycles. The van der Waals surface area contributed by atoms with Crippen molar-refractivity contribution >= 4 is 17.6 Å². The van der Waals surface area contributed by atoms with Crippen LogP contribution >= 0.6 is 0 Å². The van der Waals surface area contributed by atoms with Gasteiger partial charge in [-0.1, -0.05) is 12.1 Å². The van der Waals surface area contributed by atoms with E-state index in [0.29, 0.717) is 11.3 Å². The summed E-state index contributed by atoms with van der Waals surface area (Å²) in [6, 6.07) is 14.0. The van der Waals surface area contributed by atoms with E-state index in [2.05, 4.69) is 15.7 Å². The van der Waals surface area contributed by atoms with Gasteiger partial charge in [0.25, 0.3) is 5.91 Å². The van der Waals surface area contributed by atoms with Gasteiger partial charge >= 0.3 is 5.97 Å². The van der Waals surface area contributed by atoms with Gasteiger partial charge in [-0.25, -0.2) is 4.68 Å². The van der Waals surface area contributed by atoms with Crippen molar-refractivity contribution in [3.05, 3.63) is 72.1 Å². The molecule has 0 aliphatic heterocycles. The van der Waals surface area contributed by atoms with Gasteiger partial charge in [0.1, 0.15) is 12.3 Å². The number of nitrogens with zero attached hydrogens (tertiary/aromatic N) is 2. The van der Waals surface area contributed by atoms with E-state index < -0.39 is 5.97 Å². The number of benzene rings is 2. The molecule has 8 heteroatoms. The first-order valence-corrected chi connectivity index (χ1v) is 9.02. The van der Waals surface area contributed by atoms with Crippen molar-refractivity contribution in [3.8, 4) is 11.4 Å². The van der Waals surface area contributed by atoms with Crippen molar-refractivity contribution in [2.24, 2.45) is 0 Å². The largest absolute Gasteiger partial charge is 0.497 e. The highest BCUT2D eigenvalue weighted by molar-refractivity contribution is 5.95. The Morgan fingerprint density at radius 1 is 1.21 bits per heavy atom. The van der Waals surface area contributed by atoms with E-state index in [1.165, 1.54) is 0 Å². The molecule has 3 rings (SSSR count). The minimum absolute atomic E-state index is 0.217. The third kappa shape index (κ3) is 5.13. The molecule has 0 aliphatic carbocycles. The normalized spacial score (nSPS) is 11.5. The fourth-order valence-electron chi connectivity index (χ4n) is 2.77. The average molecular weight is 394 g/mol. The number of amides is 1. The Bertz CT molecular complexity index is 1020. The van der Waals surface area contributed by atoms with Gasteiger partial charge in [0.2, 0.25) is 0 Å². The summed E-state index contributed by atoms with van der Waals surface area (Å²) in [5.41, 5.74) is 2.71. The summed E-state index contributed by atoms with van der Waals surface area (Å²) in [6.07, 6.45) is 3.56. The third-order valence-electron chi connectivity index (χ3n) is 4.34. The van der Waals surface area contributed by atoms with Crippen LogP contribution in [0.1, 0.15) is 28.9 Å². The molecule has 150 valence electrons. The molecule has 1 atom stereocenters. The molecule has 0 radical (unpaired) electrons. The number of methoxy groups -OCH3 is 1. The van der Waals surface area contributed by atoms with Gasteiger partial charge in [-0.05, 0) is 37.3 Å². The van der Waals surface area contributed by atoms with Crippen molar-refractivity contribution in [2.75, 3.05) is 19.0 Å². The van der Waals surface area contributed by atoms with Crippen LogP contribution in [0.25, 0.3) is 5.69 Å². The molecule has 3 aromatic rings. The molecule has 3 N–H and O–H groups in total. The fourth-order valence-corrected chi connectivity index (χ4v) is 2.77. The Kier molecular flexibility index (Phi) is 6.13. The maximum atomic E-state index is 12.6. The molecule has 0 saturated heterocycles. The minimum atomic E-state index is -0.971. The van der Waals surface area contributed by atoms with Crippen LogP contribution in [0.5, 0.6) is 5.75 Å². The number of aromatic nitrogens is 2. The number of hydrogen-bond donors (Lipinski definition) is 3. The Hall–Kier alpha value is -3.81. The lowest BCUT2D eigenvalue weighted by Gasteiger charge is -2.13. The van der Waals surface area contributed by atoms with Gasteiger partial charge in [0, 0.05) is 29.1 Å². The summed E-state index contributed by atoms with van der Waals surface area (Å²) in [5.74, 6) is -0.496. The topological polar surface area (TPSA) is 105 Å². The zero-order valence-corrected chi connectivity index (χ0v) is 16.1. The maximum absolute atomic E-state index is 12.6. The zero-order chi connectivity index (χ0) is 20.8. The molecule has 1 heterocycles. The van der Waals surface area contributed by atoms with E-state index in [9.17, 15) is 9.59 Å². The molecular weight excluding hydrogens is 372 g/mol. The van der Waals surface area contributed by atoms with Gasteiger partial charge in [-0.15, -0.1) is 0 Å². The predicted molar refractivity (Wildman–Crippen MR) is 109 cm³/mol. The lowest BCUT2D eigenvalue weighted by atomic mass is 10.1. The van der Waals surface area contributed by atoms with E-state index in [1.54, 1.807) is 42.3 Å². The number of rotatable bonds is 8. The SMILES string of the molecule is COc1cccc(-n2cc([C@H](C)NC(=O)c3cccc(NCC(=O)O)c3)cn2)c1. The second kappa shape index (κ2) is 8.92. The highest BCUT2D eigenvalue weighted by Crippen LogP contribution is 2.19. The first kappa shape index (κ1) is 19.9. The van der Waals surface area contributed by atoms with Crippen molar-refractivity contribution in [1.82, 2.24) is 15.1 Å². The number of nitrogens with one attached hydrogen (secondary N) is 2. The van der Waals surface area contributed by atoms with E-state index in [1.807, 2.05) is 37.4 Å². The first-order chi connectivity index (χ1) is 14.0. The maximum Gasteiger partial charge on any atom is 0.322 e. The highest BCUT2D eigenvalue weighted by atomic mass is 16.5. The van der Waals surface area contributed by atoms with Crippen molar-refractivity contribution < 1.29 is 19.4 Å². The number of ether oxygens (including phenoxy) is 1. The summed E-state index contributed by atoms with van der Waals surface area (Å²) < 4.78 is 6.96. The third-order valence-corrected chi connectivity index (χ3v) is 4.34. The van der Waals surface area contributed by atoms with E-state index in [4.69, 9.17) is 9.84 Å². The Labute approximate surface area is 168 Å². The van der Waals surface area contributed by atoms with E-state index in [-0.39, 0.29) is 18.5 Å². The van der Waals surface area contributed by atoms with Gasteiger partial charge in [-0.3, -0.25) is 9.59 Å². The fraction of sp³-hybridized carbons (Fsp3) is 0.190. The van der Waals surface area contributed by atoms with Crippen LogP contribution in [-0.2, 0) is 4.79 Å². The summed E-state index contributed by atoms with van der Waals surface area (Å²) in [6.45, 7) is 1.66.